The van der Waals surface area contributed by atoms with Crippen molar-refractivity contribution in [3.05, 3.63) is 39.9 Å². The minimum absolute atomic E-state index is 0.0220. The Balaban J connectivity index is 2.69. The van der Waals surface area contributed by atoms with Crippen molar-refractivity contribution >= 4 is 21.7 Å². The Labute approximate surface area is 120 Å². The maximum absolute atomic E-state index is 11.8. The topological polar surface area (TPSA) is 147 Å². The summed E-state index contributed by atoms with van der Waals surface area (Å²) in [6.07, 6.45) is -1.97. The Kier molecular flexibility index (Phi) is 5.76. The van der Waals surface area contributed by atoms with Crippen molar-refractivity contribution in [3.63, 3.8) is 0 Å². The molecule has 10 heteroatoms. The van der Waals surface area contributed by atoms with Gasteiger partial charge in [-0.3, -0.25) is 10.1 Å². The van der Waals surface area contributed by atoms with E-state index in [1.54, 1.807) is 0 Å². The molecule has 0 saturated carbocycles. The molecule has 0 aliphatic carbocycles. The van der Waals surface area contributed by atoms with Crippen LogP contribution < -0.4 is 4.72 Å². The number of nitro benzene ring substituents is 1. The quantitative estimate of drug-likeness (QED) is 0.446. The van der Waals surface area contributed by atoms with Crippen LogP contribution in [-0.2, 0) is 20.6 Å². The number of aliphatic hydroxyl groups excluding tert-OH is 1. The lowest BCUT2D eigenvalue weighted by atomic mass is 10.2. The molecule has 0 fully saturated rings. The number of carbonyl (C=O) groups is 1. The molecular weight excluding hydrogens is 304 g/mol. The van der Waals surface area contributed by atoms with Gasteiger partial charge in [0.25, 0.3) is 5.69 Å². The average molecular weight is 318 g/mol. The molecule has 0 aliphatic rings. The molecule has 21 heavy (non-hydrogen) atoms. The Hall–Kier alpha value is -2.04. The first-order valence-corrected chi connectivity index (χ1v) is 7.48. The molecule has 0 heterocycles. The molecule has 3 N–H and O–H groups in total. The van der Waals surface area contributed by atoms with Crippen LogP contribution in [0, 0.1) is 10.1 Å². The van der Waals surface area contributed by atoms with Crippen LogP contribution in [0.2, 0.25) is 0 Å². The third kappa shape index (κ3) is 5.45. The monoisotopic (exact) mass is 318 g/mol. The van der Waals surface area contributed by atoms with E-state index in [1.807, 2.05) is 0 Å². The number of nitro groups is 1. The van der Waals surface area contributed by atoms with E-state index in [1.165, 1.54) is 24.3 Å². The van der Waals surface area contributed by atoms with E-state index in [0.29, 0.717) is 0 Å². The average Bonchev–Trinajstić information content (AvgIpc) is 2.38. The lowest BCUT2D eigenvalue weighted by molar-refractivity contribution is -0.385. The fourth-order valence-corrected chi connectivity index (χ4v) is 2.73. The molecule has 9 nitrogen and oxygen atoms in total. The van der Waals surface area contributed by atoms with E-state index in [2.05, 4.69) is 4.72 Å². The number of aliphatic carboxylic acids is 1. The molecule has 116 valence electrons. The summed E-state index contributed by atoms with van der Waals surface area (Å²) in [5, 5.41) is 28.2. The molecule has 1 rings (SSSR count). The molecule has 0 saturated heterocycles. The van der Waals surface area contributed by atoms with Gasteiger partial charge < -0.3 is 10.2 Å². The summed E-state index contributed by atoms with van der Waals surface area (Å²) in [4.78, 5) is 20.5. The molecule has 1 aromatic carbocycles. The lowest BCUT2D eigenvalue weighted by Crippen LogP contribution is -2.31. The Morgan fingerprint density at radius 3 is 2.57 bits per heavy atom. The summed E-state index contributed by atoms with van der Waals surface area (Å²) in [6.45, 7) is -0.281. The van der Waals surface area contributed by atoms with Crippen LogP contribution in [0.15, 0.2) is 24.3 Å². The molecule has 0 radical (unpaired) electrons. The van der Waals surface area contributed by atoms with Crippen LogP contribution in [0.4, 0.5) is 5.69 Å². The molecule has 0 bridgehead atoms. The molecule has 1 aromatic rings. The van der Waals surface area contributed by atoms with Crippen LogP contribution in [-0.4, -0.2) is 42.2 Å². The minimum atomic E-state index is -3.87. The largest absolute Gasteiger partial charge is 0.479 e. The van der Waals surface area contributed by atoms with Crippen LogP contribution in [0.3, 0.4) is 0 Å². The third-order valence-corrected chi connectivity index (χ3v) is 3.89. The second-order valence-electron chi connectivity index (χ2n) is 4.18. The highest BCUT2D eigenvalue weighted by molar-refractivity contribution is 7.88. The minimum Gasteiger partial charge on any atom is -0.479 e. The van der Waals surface area contributed by atoms with E-state index in [4.69, 9.17) is 10.2 Å². The van der Waals surface area contributed by atoms with Gasteiger partial charge in [0.2, 0.25) is 10.0 Å². The maximum Gasteiger partial charge on any atom is 0.332 e. The fourth-order valence-electron chi connectivity index (χ4n) is 1.54. The summed E-state index contributed by atoms with van der Waals surface area (Å²) < 4.78 is 25.6. The van der Waals surface area contributed by atoms with Crippen molar-refractivity contribution in [1.82, 2.24) is 4.72 Å². The number of rotatable bonds is 8. The Bertz CT molecular complexity index is 629. The summed E-state index contributed by atoms with van der Waals surface area (Å²) in [5.74, 6) is -2.05. The molecule has 1 unspecified atom stereocenters. The normalized spacial score (nSPS) is 12.8. The van der Waals surface area contributed by atoms with Crippen molar-refractivity contribution in [2.75, 3.05) is 6.54 Å². The predicted molar refractivity (Wildman–Crippen MR) is 72.0 cm³/mol. The number of nitrogens with zero attached hydrogens (tertiary/aromatic N) is 1. The third-order valence-electron chi connectivity index (χ3n) is 2.56. The number of benzene rings is 1. The molecule has 0 amide bonds. The zero-order valence-electron chi connectivity index (χ0n) is 10.8. The zero-order valence-corrected chi connectivity index (χ0v) is 11.6. The van der Waals surface area contributed by atoms with Crippen molar-refractivity contribution in [2.24, 2.45) is 0 Å². The van der Waals surface area contributed by atoms with Crippen molar-refractivity contribution < 1.29 is 28.3 Å². The van der Waals surface area contributed by atoms with Gasteiger partial charge in [0.1, 0.15) is 0 Å². The van der Waals surface area contributed by atoms with Gasteiger partial charge in [-0.05, 0) is 6.42 Å². The summed E-state index contributed by atoms with van der Waals surface area (Å²) in [7, 11) is -3.87. The van der Waals surface area contributed by atoms with Gasteiger partial charge in [-0.2, -0.15) is 0 Å². The second-order valence-corrected chi connectivity index (χ2v) is 5.99. The van der Waals surface area contributed by atoms with Crippen LogP contribution >= 0.6 is 0 Å². The maximum atomic E-state index is 11.8. The smallest absolute Gasteiger partial charge is 0.332 e. The van der Waals surface area contributed by atoms with Crippen molar-refractivity contribution in [1.29, 1.82) is 0 Å². The van der Waals surface area contributed by atoms with Gasteiger partial charge in [0.15, 0.2) is 6.10 Å². The number of hydrogen-bond acceptors (Lipinski definition) is 6. The van der Waals surface area contributed by atoms with E-state index in [-0.39, 0.29) is 24.2 Å². The SMILES string of the molecule is O=C(O)C(O)CCNS(=O)(=O)Cc1ccccc1[N+](=O)[O-]. The number of nitrogens with one attached hydrogen (secondary N) is 1. The van der Waals surface area contributed by atoms with Gasteiger partial charge in [-0.1, -0.05) is 18.2 Å². The van der Waals surface area contributed by atoms with Gasteiger partial charge in [-0.15, -0.1) is 0 Å². The Morgan fingerprint density at radius 1 is 1.38 bits per heavy atom. The van der Waals surface area contributed by atoms with E-state index in [9.17, 15) is 23.3 Å². The number of carboxylic acid groups (broad SMARTS) is 1. The number of sulfonamides is 1. The number of carboxylic acids is 1. The first-order chi connectivity index (χ1) is 9.73. The summed E-state index contributed by atoms with van der Waals surface area (Å²) in [6, 6.07) is 5.42. The van der Waals surface area contributed by atoms with E-state index in [0.717, 1.165) is 0 Å². The van der Waals surface area contributed by atoms with Gasteiger partial charge in [0.05, 0.1) is 10.7 Å². The van der Waals surface area contributed by atoms with Crippen LogP contribution in [0.1, 0.15) is 12.0 Å². The molecule has 0 aromatic heterocycles. The first kappa shape index (κ1) is 17.0. The van der Waals surface area contributed by atoms with Gasteiger partial charge in [-0.25, -0.2) is 17.9 Å². The number of aliphatic hydroxyl groups is 1. The Morgan fingerprint density at radius 2 is 2.00 bits per heavy atom. The highest BCUT2D eigenvalue weighted by Gasteiger charge is 2.20. The molecular formula is C11H14N2O7S. The van der Waals surface area contributed by atoms with Gasteiger partial charge in [0, 0.05) is 18.2 Å². The van der Waals surface area contributed by atoms with Crippen molar-refractivity contribution in [3.8, 4) is 0 Å². The molecule has 1 atom stereocenters. The zero-order chi connectivity index (χ0) is 16.0. The fraction of sp³-hybridized carbons (Fsp3) is 0.364. The number of para-hydroxylation sites is 1. The lowest BCUT2D eigenvalue weighted by Gasteiger charge is -2.08. The molecule has 0 aliphatic heterocycles. The van der Waals surface area contributed by atoms with Gasteiger partial charge >= 0.3 is 5.97 Å². The van der Waals surface area contributed by atoms with Crippen LogP contribution in [0.25, 0.3) is 0 Å². The summed E-state index contributed by atoms with van der Waals surface area (Å²) >= 11 is 0. The number of hydrogen-bond donors (Lipinski definition) is 3. The van der Waals surface area contributed by atoms with Crippen LogP contribution in [0.5, 0.6) is 0 Å². The van der Waals surface area contributed by atoms with E-state index >= 15 is 0 Å². The first-order valence-electron chi connectivity index (χ1n) is 5.83. The molecule has 0 spiro atoms. The highest BCUT2D eigenvalue weighted by atomic mass is 32.2. The predicted octanol–water partition coefficient (Wildman–Crippen LogP) is -0.150. The standard InChI is InChI=1S/C11H14N2O7S/c14-10(11(15)16)5-6-12-21(19,20)7-8-3-1-2-4-9(8)13(17)18/h1-4,10,12,14H,5-7H2,(H,15,16). The summed E-state index contributed by atoms with van der Waals surface area (Å²) in [5.41, 5.74) is -0.290. The van der Waals surface area contributed by atoms with E-state index < -0.39 is 32.8 Å². The highest BCUT2D eigenvalue weighted by Crippen LogP contribution is 2.19. The van der Waals surface area contributed by atoms with Crippen molar-refractivity contribution in [2.45, 2.75) is 18.3 Å². The second kappa shape index (κ2) is 7.11.